The third kappa shape index (κ3) is 10.4. The first-order valence-electron chi connectivity index (χ1n) is 11.7. The Bertz CT molecular complexity index is 974. The van der Waals surface area contributed by atoms with E-state index in [-0.39, 0.29) is 25.5 Å². The molecule has 2 unspecified atom stereocenters. The quantitative estimate of drug-likeness (QED) is 0.312. The highest BCUT2D eigenvalue weighted by Crippen LogP contribution is 2.24. The summed E-state index contributed by atoms with van der Waals surface area (Å²) < 4.78 is 34.5. The van der Waals surface area contributed by atoms with Crippen LogP contribution in [0, 0.1) is 5.92 Å². The minimum atomic E-state index is -3.78. The normalized spacial score (nSPS) is 12.9. The molecule has 0 fully saturated rings. The number of hydrogen-bond acceptors (Lipinski definition) is 5. The summed E-state index contributed by atoms with van der Waals surface area (Å²) in [5.74, 6) is -5.44. The second-order valence-corrected chi connectivity index (χ2v) is 8.86. The topological polar surface area (TPSA) is 117 Å². The maximum absolute atomic E-state index is 14.7. The maximum atomic E-state index is 14.7. The average molecular weight is 506 g/mol. The molecule has 0 spiro atoms. The van der Waals surface area contributed by atoms with Gasteiger partial charge >= 0.3 is 6.09 Å². The van der Waals surface area contributed by atoms with E-state index < -0.39 is 48.9 Å². The molecule has 0 aliphatic heterocycles. The van der Waals surface area contributed by atoms with Gasteiger partial charge in [-0.1, -0.05) is 74.5 Å². The predicted molar refractivity (Wildman–Crippen MR) is 130 cm³/mol. The molecule has 8 nitrogen and oxygen atoms in total. The number of nitrogens with one attached hydrogen (secondary N) is 3. The average Bonchev–Trinajstić information content (AvgIpc) is 2.85. The number of carbonyl (C=O) groups is 3. The maximum Gasteiger partial charge on any atom is 0.407 e. The van der Waals surface area contributed by atoms with Crippen LogP contribution >= 0.6 is 0 Å². The van der Waals surface area contributed by atoms with E-state index in [0.29, 0.717) is 0 Å². The van der Waals surface area contributed by atoms with Crippen LogP contribution in [0.1, 0.15) is 37.8 Å². The van der Waals surface area contributed by atoms with Crippen molar-refractivity contribution in [3.05, 3.63) is 71.8 Å². The lowest BCUT2D eigenvalue weighted by atomic mass is 9.95. The zero-order valence-corrected chi connectivity index (χ0v) is 20.4. The van der Waals surface area contributed by atoms with Gasteiger partial charge in [-0.3, -0.25) is 9.59 Å². The van der Waals surface area contributed by atoms with E-state index in [1.165, 1.54) is 0 Å². The van der Waals surface area contributed by atoms with Crippen molar-refractivity contribution >= 4 is 17.9 Å². The molecular weight excluding hydrogens is 472 g/mol. The highest BCUT2D eigenvalue weighted by molar-refractivity contribution is 5.96. The molecule has 0 saturated heterocycles. The van der Waals surface area contributed by atoms with Gasteiger partial charge in [-0.15, -0.1) is 0 Å². The Hall–Kier alpha value is -3.53. The molecule has 10 heteroatoms. The van der Waals surface area contributed by atoms with Gasteiger partial charge < -0.3 is 25.8 Å². The molecule has 4 N–H and O–H groups in total. The summed E-state index contributed by atoms with van der Waals surface area (Å²) in [6.07, 6.45) is -3.83. The number of alkyl carbamates (subject to hydrolysis) is 1. The molecule has 0 aliphatic carbocycles. The highest BCUT2D eigenvalue weighted by atomic mass is 19.3. The van der Waals surface area contributed by atoms with Crippen LogP contribution in [0.3, 0.4) is 0 Å². The van der Waals surface area contributed by atoms with Crippen molar-refractivity contribution in [3.8, 4) is 0 Å². The van der Waals surface area contributed by atoms with Crippen molar-refractivity contribution in [1.82, 2.24) is 16.0 Å². The van der Waals surface area contributed by atoms with Crippen molar-refractivity contribution in [2.45, 2.75) is 57.9 Å². The SMILES string of the molecule is CC(C)CC(NC(=O)OCc1ccccc1)C(O)C(F)(F)CNC(=O)CC(=O)NCc1ccccc1. The van der Waals surface area contributed by atoms with Crippen molar-refractivity contribution in [3.63, 3.8) is 0 Å². The summed E-state index contributed by atoms with van der Waals surface area (Å²) in [5, 5.41) is 17.2. The summed E-state index contributed by atoms with van der Waals surface area (Å²) in [5.41, 5.74) is 1.54. The van der Waals surface area contributed by atoms with E-state index in [9.17, 15) is 28.3 Å². The van der Waals surface area contributed by atoms with Gasteiger partial charge in [0.1, 0.15) is 19.1 Å². The fraction of sp³-hybridized carbons (Fsp3) is 0.423. The van der Waals surface area contributed by atoms with Crippen LogP contribution in [0.15, 0.2) is 60.7 Å². The standard InChI is InChI=1S/C26H33F2N3O5/c1-18(2)13-21(31-25(35)36-16-20-11-7-4-8-12-20)24(34)26(27,28)17-30-23(33)14-22(32)29-15-19-9-5-3-6-10-19/h3-12,18,21,24,34H,13-17H2,1-2H3,(H,29,32)(H,30,33)(H,31,35). The molecular formula is C26H33F2N3O5. The largest absolute Gasteiger partial charge is 0.445 e. The molecule has 0 bridgehead atoms. The number of benzene rings is 2. The van der Waals surface area contributed by atoms with Gasteiger partial charge in [0.25, 0.3) is 5.92 Å². The van der Waals surface area contributed by atoms with E-state index in [2.05, 4.69) is 10.6 Å². The lowest BCUT2D eigenvalue weighted by Gasteiger charge is -2.31. The second-order valence-electron chi connectivity index (χ2n) is 8.86. The van der Waals surface area contributed by atoms with Crippen molar-refractivity contribution in [2.24, 2.45) is 5.92 Å². The zero-order valence-electron chi connectivity index (χ0n) is 20.4. The Balaban J connectivity index is 1.85. The van der Waals surface area contributed by atoms with E-state index in [1.54, 1.807) is 68.4 Å². The van der Waals surface area contributed by atoms with Gasteiger partial charge in [0, 0.05) is 6.54 Å². The summed E-state index contributed by atoms with van der Waals surface area (Å²) in [4.78, 5) is 36.1. The third-order valence-corrected chi connectivity index (χ3v) is 5.23. The molecule has 196 valence electrons. The van der Waals surface area contributed by atoms with Crippen LogP contribution in [-0.2, 0) is 27.5 Å². The van der Waals surface area contributed by atoms with E-state index >= 15 is 0 Å². The number of amides is 3. The summed E-state index contributed by atoms with van der Waals surface area (Å²) >= 11 is 0. The molecule has 0 aromatic heterocycles. The second kappa shape index (κ2) is 14.1. The highest BCUT2D eigenvalue weighted by Gasteiger charge is 2.44. The smallest absolute Gasteiger partial charge is 0.407 e. The van der Waals surface area contributed by atoms with Crippen molar-refractivity contribution in [1.29, 1.82) is 0 Å². The van der Waals surface area contributed by atoms with Crippen molar-refractivity contribution < 1.29 is 33.0 Å². The Morgan fingerprint density at radius 3 is 2.06 bits per heavy atom. The molecule has 2 atom stereocenters. The molecule has 2 aromatic rings. The number of aliphatic hydroxyl groups excluding tert-OH is 1. The number of hydrogen-bond donors (Lipinski definition) is 4. The first-order valence-corrected chi connectivity index (χ1v) is 11.7. The minimum absolute atomic E-state index is 0.0486. The molecule has 2 aromatic carbocycles. The zero-order chi connectivity index (χ0) is 26.6. The Kier molecular flexibility index (Phi) is 11.3. The fourth-order valence-electron chi connectivity index (χ4n) is 3.37. The number of aliphatic hydroxyl groups is 1. The Morgan fingerprint density at radius 1 is 0.917 bits per heavy atom. The number of alkyl halides is 2. The Morgan fingerprint density at radius 2 is 1.47 bits per heavy atom. The number of rotatable bonds is 13. The Labute approximate surface area is 209 Å². The lowest BCUT2D eigenvalue weighted by molar-refractivity contribution is -0.137. The van der Waals surface area contributed by atoms with Gasteiger partial charge in [-0.25, -0.2) is 13.6 Å². The van der Waals surface area contributed by atoms with Gasteiger partial charge in [0.2, 0.25) is 11.8 Å². The molecule has 0 aliphatic rings. The molecule has 36 heavy (non-hydrogen) atoms. The van der Waals surface area contributed by atoms with Crippen LogP contribution in [0.4, 0.5) is 13.6 Å². The monoisotopic (exact) mass is 505 g/mol. The van der Waals surface area contributed by atoms with Crippen molar-refractivity contribution in [2.75, 3.05) is 6.54 Å². The predicted octanol–water partition coefficient (Wildman–Crippen LogP) is 3.15. The summed E-state index contributed by atoms with van der Waals surface area (Å²) in [6, 6.07) is 16.5. The van der Waals surface area contributed by atoms with E-state index in [4.69, 9.17) is 4.74 Å². The van der Waals surface area contributed by atoms with E-state index in [1.807, 2.05) is 11.4 Å². The van der Waals surface area contributed by atoms with Crippen LogP contribution in [0.25, 0.3) is 0 Å². The molecule has 0 radical (unpaired) electrons. The number of ether oxygens (including phenoxy) is 1. The molecule has 0 heterocycles. The number of carbonyl (C=O) groups excluding carboxylic acids is 3. The summed E-state index contributed by atoms with van der Waals surface area (Å²) in [6.45, 7) is 2.45. The molecule has 3 amide bonds. The van der Waals surface area contributed by atoms with E-state index in [0.717, 1.165) is 11.1 Å². The van der Waals surface area contributed by atoms with Gasteiger partial charge in [-0.2, -0.15) is 0 Å². The molecule has 2 rings (SSSR count). The van der Waals surface area contributed by atoms with Gasteiger partial charge in [0.05, 0.1) is 12.6 Å². The van der Waals surface area contributed by atoms with Crippen LogP contribution in [0.2, 0.25) is 0 Å². The first-order chi connectivity index (χ1) is 17.1. The third-order valence-electron chi connectivity index (χ3n) is 5.23. The lowest BCUT2D eigenvalue weighted by Crippen LogP contribution is -2.56. The van der Waals surface area contributed by atoms with Crippen LogP contribution in [-0.4, -0.2) is 47.6 Å². The van der Waals surface area contributed by atoms with Gasteiger partial charge in [0.15, 0.2) is 0 Å². The van der Waals surface area contributed by atoms with Crippen LogP contribution < -0.4 is 16.0 Å². The fourth-order valence-corrected chi connectivity index (χ4v) is 3.37. The van der Waals surface area contributed by atoms with Crippen LogP contribution in [0.5, 0.6) is 0 Å². The first kappa shape index (κ1) is 28.7. The van der Waals surface area contributed by atoms with Gasteiger partial charge in [-0.05, 0) is 23.5 Å². The number of halogens is 2. The minimum Gasteiger partial charge on any atom is -0.445 e. The summed E-state index contributed by atoms with van der Waals surface area (Å²) in [7, 11) is 0. The molecule has 0 saturated carbocycles.